The van der Waals surface area contributed by atoms with Gasteiger partial charge in [-0.2, -0.15) is 4.31 Å². The maximum atomic E-state index is 14.1. The number of nitrogens with zero attached hydrogens (tertiary/aromatic N) is 1. The Morgan fingerprint density at radius 3 is 2.35 bits per heavy atom. The second-order valence-electron chi connectivity index (χ2n) is 14.4. The van der Waals surface area contributed by atoms with E-state index >= 15 is 0 Å². The summed E-state index contributed by atoms with van der Waals surface area (Å²) in [6.07, 6.45) is 5.91. The zero-order chi connectivity index (χ0) is 31.9. The number of sulfonamides is 1. The molecule has 10 nitrogen and oxygen atoms in total. The van der Waals surface area contributed by atoms with Crippen LogP contribution in [0, 0.1) is 29.1 Å². The number of hydrogen-bond acceptors (Lipinski definition) is 8. The molecular formula is C35H46N2O8S. The van der Waals surface area contributed by atoms with Crippen LogP contribution in [0.4, 0.5) is 4.79 Å². The summed E-state index contributed by atoms with van der Waals surface area (Å²) in [5.74, 6) is 2.62. The lowest BCUT2D eigenvalue weighted by Crippen LogP contribution is -2.55. The first-order valence-corrected chi connectivity index (χ1v) is 18.2. The number of carbonyl (C=O) groups excluding carboxylic acids is 1. The van der Waals surface area contributed by atoms with Crippen LogP contribution in [0.2, 0.25) is 0 Å². The number of ether oxygens (including phenoxy) is 4. The van der Waals surface area contributed by atoms with Crippen LogP contribution in [0.1, 0.15) is 56.9 Å². The van der Waals surface area contributed by atoms with Gasteiger partial charge in [-0.3, -0.25) is 0 Å². The molecule has 0 spiro atoms. The van der Waals surface area contributed by atoms with Crippen molar-refractivity contribution in [3.8, 4) is 5.75 Å². The number of nitrogens with one attached hydrogen (secondary N) is 1. The summed E-state index contributed by atoms with van der Waals surface area (Å²) < 4.78 is 51.9. The number of rotatable bonds is 12. The summed E-state index contributed by atoms with van der Waals surface area (Å²) in [6.45, 7) is 0.731. The van der Waals surface area contributed by atoms with Gasteiger partial charge in [0.15, 0.2) is 6.29 Å². The molecule has 5 atom stereocenters. The minimum absolute atomic E-state index is 0.00622. The van der Waals surface area contributed by atoms with Crippen molar-refractivity contribution < 1.29 is 37.3 Å². The van der Waals surface area contributed by atoms with E-state index in [2.05, 4.69) is 5.32 Å². The van der Waals surface area contributed by atoms with Crippen molar-refractivity contribution in [2.24, 2.45) is 29.1 Å². The van der Waals surface area contributed by atoms with Crippen molar-refractivity contribution in [2.45, 2.75) is 87.3 Å². The normalized spacial score (nSPS) is 32.7. The van der Waals surface area contributed by atoms with Crippen LogP contribution in [0.5, 0.6) is 5.75 Å². The van der Waals surface area contributed by atoms with Gasteiger partial charge in [-0.05, 0) is 104 Å². The van der Waals surface area contributed by atoms with Gasteiger partial charge in [-0.1, -0.05) is 30.3 Å². The van der Waals surface area contributed by atoms with Gasteiger partial charge in [0.25, 0.3) is 0 Å². The van der Waals surface area contributed by atoms with Gasteiger partial charge < -0.3 is 29.4 Å². The summed E-state index contributed by atoms with van der Waals surface area (Å²) >= 11 is 0. The molecule has 4 bridgehead atoms. The van der Waals surface area contributed by atoms with Crippen LogP contribution in [0.15, 0.2) is 59.5 Å². The number of fused-ring (bicyclic) bond motifs is 1. The summed E-state index contributed by atoms with van der Waals surface area (Å²) in [5.41, 5.74) is 0.819. The molecule has 250 valence electrons. The average Bonchev–Trinajstić information content (AvgIpc) is 3.65. The Morgan fingerprint density at radius 2 is 1.70 bits per heavy atom. The van der Waals surface area contributed by atoms with E-state index in [9.17, 15) is 18.3 Å². The third kappa shape index (κ3) is 6.67. The van der Waals surface area contributed by atoms with Gasteiger partial charge in [0.1, 0.15) is 11.9 Å². The number of carbonyl (C=O) groups is 1. The maximum Gasteiger partial charge on any atom is 0.407 e. The second-order valence-corrected chi connectivity index (χ2v) is 16.3. The quantitative estimate of drug-likeness (QED) is 0.338. The molecule has 6 fully saturated rings. The van der Waals surface area contributed by atoms with Crippen molar-refractivity contribution in [1.82, 2.24) is 9.62 Å². The fraction of sp³-hybridized carbons (Fsp3) is 0.629. The molecule has 2 saturated heterocycles. The van der Waals surface area contributed by atoms with Crippen LogP contribution in [-0.4, -0.2) is 75.3 Å². The van der Waals surface area contributed by atoms with Crippen molar-refractivity contribution >= 4 is 16.1 Å². The number of amides is 1. The molecule has 46 heavy (non-hydrogen) atoms. The highest BCUT2D eigenvalue weighted by molar-refractivity contribution is 7.89. The van der Waals surface area contributed by atoms with E-state index in [1.807, 2.05) is 30.3 Å². The van der Waals surface area contributed by atoms with E-state index in [0.29, 0.717) is 36.5 Å². The van der Waals surface area contributed by atoms with Gasteiger partial charge in [0.05, 0.1) is 43.3 Å². The molecule has 2 heterocycles. The third-order valence-corrected chi connectivity index (χ3v) is 12.9. The average molecular weight is 655 g/mol. The van der Waals surface area contributed by atoms with Crippen molar-refractivity contribution in [3.05, 3.63) is 60.2 Å². The molecule has 6 aliphatic rings. The van der Waals surface area contributed by atoms with E-state index < -0.39 is 34.4 Å². The molecule has 11 heteroatoms. The SMILES string of the molecule is COc1ccc(S(=O)(=O)N(Cc2ccccc2)C[C@@H](O)[C@H](CC23CC4CC(CC(C4)C2)C3)NC(=O)O[C@H]2CO[C@H]3OCC[C@H]32)cc1. The predicted molar refractivity (Wildman–Crippen MR) is 169 cm³/mol. The van der Waals surface area contributed by atoms with Crippen LogP contribution >= 0.6 is 0 Å². The first-order chi connectivity index (χ1) is 22.2. The molecule has 4 aliphatic carbocycles. The lowest BCUT2D eigenvalue weighted by molar-refractivity contribution is -0.0907. The maximum absolute atomic E-state index is 14.1. The van der Waals surface area contributed by atoms with E-state index in [1.54, 1.807) is 12.1 Å². The molecule has 0 aromatic heterocycles. The van der Waals surface area contributed by atoms with Crippen molar-refractivity contribution in [1.29, 1.82) is 0 Å². The number of aliphatic hydroxyl groups is 1. The van der Waals surface area contributed by atoms with E-state index in [-0.39, 0.29) is 42.2 Å². The van der Waals surface area contributed by atoms with Gasteiger partial charge in [0, 0.05) is 13.1 Å². The minimum Gasteiger partial charge on any atom is -0.497 e. The Morgan fingerprint density at radius 1 is 1.02 bits per heavy atom. The van der Waals surface area contributed by atoms with E-state index in [4.69, 9.17) is 18.9 Å². The first-order valence-electron chi connectivity index (χ1n) is 16.8. The summed E-state index contributed by atoms with van der Waals surface area (Å²) in [6, 6.07) is 14.9. The number of alkyl carbamates (subject to hydrolysis) is 1. The zero-order valence-electron chi connectivity index (χ0n) is 26.5. The molecule has 2 N–H and O–H groups in total. The number of aliphatic hydroxyl groups excluding tert-OH is 1. The smallest absolute Gasteiger partial charge is 0.407 e. The van der Waals surface area contributed by atoms with E-state index in [0.717, 1.165) is 31.2 Å². The summed E-state index contributed by atoms with van der Waals surface area (Å²) in [4.78, 5) is 13.6. The molecule has 1 amide bonds. The fourth-order valence-electron chi connectivity index (χ4n) is 9.43. The number of hydrogen-bond donors (Lipinski definition) is 2. The third-order valence-electron chi connectivity index (χ3n) is 11.1. The highest BCUT2D eigenvalue weighted by atomic mass is 32.2. The number of methoxy groups -OCH3 is 1. The summed E-state index contributed by atoms with van der Waals surface area (Å²) in [5, 5.41) is 15.0. The molecule has 2 aromatic carbocycles. The Hall–Kier alpha value is -2.70. The highest BCUT2D eigenvalue weighted by Gasteiger charge is 2.52. The van der Waals surface area contributed by atoms with E-state index in [1.165, 1.54) is 42.8 Å². The molecule has 4 saturated carbocycles. The van der Waals surface area contributed by atoms with Crippen LogP contribution < -0.4 is 10.1 Å². The van der Waals surface area contributed by atoms with Crippen molar-refractivity contribution in [3.63, 3.8) is 0 Å². The topological polar surface area (TPSA) is 124 Å². The molecule has 8 rings (SSSR count). The Bertz CT molecular complexity index is 1430. The molecule has 2 aliphatic heterocycles. The highest BCUT2D eigenvalue weighted by Crippen LogP contribution is 2.61. The molecular weight excluding hydrogens is 608 g/mol. The van der Waals surface area contributed by atoms with Crippen LogP contribution in [0.25, 0.3) is 0 Å². The first kappa shape index (κ1) is 31.9. The second kappa shape index (κ2) is 13.1. The van der Waals surface area contributed by atoms with Crippen LogP contribution in [-0.2, 0) is 30.8 Å². The minimum atomic E-state index is -4.02. The summed E-state index contributed by atoms with van der Waals surface area (Å²) in [7, 11) is -2.49. The largest absolute Gasteiger partial charge is 0.497 e. The molecule has 0 unspecified atom stereocenters. The Kier molecular flexibility index (Phi) is 9.06. The van der Waals surface area contributed by atoms with Gasteiger partial charge in [0.2, 0.25) is 10.0 Å². The standard InChI is InChI=1S/C35H46N2O8S/c1-42-27-7-9-28(10-8-27)46(40,41)37(20-23-5-3-2-4-6-23)21-31(38)30(19-35-16-24-13-25(17-35)15-26(14-24)18-35)36-34(39)45-32-22-44-33-29(32)11-12-43-33/h2-10,24-26,29-33,38H,11-22H2,1H3,(H,36,39)/t24?,25?,26?,29-,30-,31+,32-,33+,35?/m0/s1. The van der Waals surface area contributed by atoms with Gasteiger partial charge in [-0.25, -0.2) is 13.2 Å². The lowest BCUT2D eigenvalue weighted by Gasteiger charge is -2.58. The van der Waals surface area contributed by atoms with Gasteiger partial charge in [-0.15, -0.1) is 0 Å². The Balaban J connectivity index is 1.14. The zero-order valence-corrected chi connectivity index (χ0v) is 27.3. The molecule has 0 radical (unpaired) electrons. The predicted octanol–water partition coefficient (Wildman–Crippen LogP) is 4.71. The van der Waals surface area contributed by atoms with Gasteiger partial charge >= 0.3 is 6.09 Å². The van der Waals surface area contributed by atoms with Crippen LogP contribution in [0.3, 0.4) is 0 Å². The molecule has 2 aromatic rings. The number of benzene rings is 2. The lowest BCUT2D eigenvalue weighted by atomic mass is 9.48. The Labute approximate surface area is 271 Å². The van der Waals surface area contributed by atoms with Crippen molar-refractivity contribution in [2.75, 3.05) is 26.9 Å². The fourth-order valence-corrected chi connectivity index (χ4v) is 10.9. The monoisotopic (exact) mass is 654 g/mol.